The van der Waals surface area contributed by atoms with Crippen molar-refractivity contribution in [3.05, 3.63) is 59.9 Å². The zero-order chi connectivity index (χ0) is 20.8. The van der Waals surface area contributed by atoms with Crippen molar-refractivity contribution in [1.82, 2.24) is 15.2 Å². The Morgan fingerprint density at radius 3 is 2.52 bits per heavy atom. The number of amides is 3. The number of benzene rings is 1. The molecule has 2 aromatic rings. The molecule has 29 heavy (non-hydrogen) atoms. The summed E-state index contributed by atoms with van der Waals surface area (Å²) in [6.07, 6.45) is 4.49. The standard InChI is InChI=1S/C20H20F2N4O3/c21-15-3-4-17(16(22)10-15)25-19(28)18(27)24-11-13-5-8-26(9-6-13)20(29)14-2-1-7-23-12-14/h1-4,7,10,12-13H,5-6,8-9,11H2,(H,24,27)(H,25,28). The highest BCUT2D eigenvalue weighted by Crippen LogP contribution is 2.18. The van der Waals surface area contributed by atoms with E-state index in [2.05, 4.69) is 15.6 Å². The summed E-state index contributed by atoms with van der Waals surface area (Å²) in [6, 6.07) is 6.07. The average molecular weight is 402 g/mol. The van der Waals surface area contributed by atoms with Gasteiger partial charge in [0, 0.05) is 38.1 Å². The second-order valence-corrected chi connectivity index (χ2v) is 6.77. The number of hydrogen-bond acceptors (Lipinski definition) is 4. The molecule has 1 aromatic heterocycles. The topological polar surface area (TPSA) is 91.4 Å². The first-order valence-corrected chi connectivity index (χ1v) is 9.17. The first-order valence-electron chi connectivity index (χ1n) is 9.17. The maximum Gasteiger partial charge on any atom is 0.313 e. The van der Waals surface area contributed by atoms with Gasteiger partial charge in [-0.05, 0) is 43.0 Å². The summed E-state index contributed by atoms with van der Waals surface area (Å²) >= 11 is 0. The quantitative estimate of drug-likeness (QED) is 0.765. The summed E-state index contributed by atoms with van der Waals surface area (Å²) in [7, 11) is 0. The number of nitrogens with one attached hydrogen (secondary N) is 2. The molecule has 1 aliphatic rings. The monoisotopic (exact) mass is 402 g/mol. The van der Waals surface area contributed by atoms with E-state index in [4.69, 9.17) is 0 Å². The number of hydrogen-bond donors (Lipinski definition) is 2. The maximum absolute atomic E-state index is 13.6. The minimum absolute atomic E-state index is 0.0821. The molecule has 0 radical (unpaired) electrons. The zero-order valence-corrected chi connectivity index (χ0v) is 15.5. The fourth-order valence-corrected chi connectivity index (χ4v) is 3.10. The average Bonchev–Trinajstić information content (AvgIpc) is 2.74. The second-order valence-electron chi connectivity index (χ2n) is 6.77. The Morgan fingerprint density at radius 1 is 1.10 bits per heavy atom. The molecule has 1 aromatic carbocycles. The molecule has 3 rings (SSSR count). The molecule has 0 bridgehead atoms. The summed E-state index contributed by atoms with van der Waals surface area (Å²) in [6.45, 7) is 1.36. The normalized spacial score (nSPS) is 14.3. The van der Waals surface area contributed by atoms with Gasteiger partial charge in [0.2, 0.25) is 0 Å². The third-order valence-corrected chi connectivity index (χ3v) is 4.75. The van der Waals surface area contributed by atoms with Crippen LogP contribution in [-0.2, 0) is 9.59 Å². The molecule has 1 aliphatic heterocycles. The Balaban J connectivity index is 1.43. The van der Waals surface area contributed by atoms with Gasteiger partial charge in [-0.15, -0.1) is 0 Å². The van der Waals surface area contributed by atoms with Crippen LogP contribution in [0.5, 0.6) is 0 Å². The molecule has 7 nitrogen and oxygen atoms in total. The minimum Gasteiger partial charge on any atom is -0.348 e. The fraction of sp³-hybridized carbons (Fsp3) is 0.300. The third-order valence-electron chi connectivity index (χ3n) is 4.75. The predicted molar refractivity (Wildman–Crippen MR) is 101 cm³/mol. The lowest BCUT2D eigenvalue weighted by Crippen LogP contribution is -2.43. The van der Waals surface area contributed by atoms with Crippen molar-refractivity contribution in [1.29, 1.82) is 0 Å². The molecule has 9 heteroatoms. The molecule has 0 unspecified atom stereocenters. The van der Waals surface area contributed by atoms with Crippen molar-refractivity contribution in [2.45, 2.75) is 12.8 Å². The van der Waals surface area contributed by atoms with Crippen LogP contribution in [0.3, 0.4) is 0 Å². The summed E-state index contributed by atoms with van der Waals surface area (Å²) in [5.41, 5.74) is 0.262. The van der Waals surface area contributed by atoms with Crippen molar-refractivity contribution in [3.63, 3.8) is 0 Å². The molecule has 1 fully saturated rings. The lowest BCUT2D eigenvalue weighted by Gasteiger charge is -2.32. The van der Waals surface area contributed by atoms with Gasteiger partial charge in [0.15, 0.2) is 0 Å². The number of carbonyl (C=O) groups is 3. The van der Waals surface area contributed by atoms with Crippen LogP contribution in [0.4, 0.5) is 14.5 Å². The van der Waals surface area contributed by atoms with E-state index >= 15 is 0 Å². The van der Waals surface area contributed by atoms with Crippen LogP contribution in [0.15, 0.2) is 42.7 Å². The molecule has 0 aliphatic carbocycles. The molecular weight excluding hydrogens is 382 g/mol. The van der Waals surface area contributed by atoms with Gasteiger partial charge in [0.05, 0.1) is 11.3 Å². The van der Waals surface area contributed by atoms with Gasteiger partial charge in [0.25, 0.3) is 5.91 Å². The van der Waals surface area contributed by atoms with E-state index < -0.39 is 23.4 Å². The van der Waals surface area contributed by atoms with Crippen LogP contribution in [0.1, 0.15) is 23.2 Å². The number of carbonyl (C=O) groups excluding carboxylic acids is 3. The van der Waals surface area contributed by atoms with Crippen LogP contribution in [-0.4, -0.2) is 47.2 Å². The summed E-state index contributed by atoms with van der Waals surface area (Å²) in [5, 5.41) is 4.63. The Kier molecular flexibility index (Phi) is 6.48. The van der Waals surface area contributed by atoms with Crippen LogP contribution < -0.4 is 10.6 Å². The minimum atomic E-state index is -1.03. The highest BCUT2D eigenvalue weighted by molar-refractivity contribution is 6.39. The lowest BCUT2D eigenvalue weighted by atomic mass is 9.96. The Hall–Kier alpha value is -3.36. The SMILES string of the molecule is O=C(NCC1CCN(C(=O)c2cccnc2)CC1)C(=O)Nc1ccc(F)cc1F. The fourth-order valence-electron chi connectivity index (χ4n) is 3.10. The lowest BCUT2D eigenvalue weighted by molar-refractivity contribution is -0.136. The molecule has 152 valence electrons. The van der Waals surface area contributed by atoms with E-state index in [-0.39, 0.29) is 24.1 Å². The van der Waals surface area contributed by atoms with Crippen LogP contribution in [0.2, 0.25) is 0 Å². The van der Waals surface area contributed by atoms with Gasteiger partial charge in [-0.25, -0.2) is 8.78 Å². The summed E-state index contributed by atoms with van der Waals surface area (Å²) in [5.74, 6) is -3.63. The molecule has 0 saturated carbocycles. The van der Waals surface area contributed by atoms with E-state index in [1.807, 2.05) is 0 Å². The van der Waals surface area contributed by atoms with Crippen molar-refractivity contribution in [2.75, 3.05) is 25.0 Å². The van der Waals surface area contributed by atoms with Crippen molar-refractivity contribution in [3.8, 4) is 0 Å². The molecule has 1 saturated heterocycles. The van der Waals surface area contributed by atoms with E-state index in [1.165, 1.54) is 6.20 Å². The highest BCUT2D eigenvalue weighted by Gasteiger charge is 2.25. The Bertz CT molecular complexity index is 900. The summed E-state index contributed by atoms with van der Waals surface area (Å²) in [4.78, 5) is 41.9. The van der Waals surface area contributed by atoms with Crippen molar-refractivity contribution in [2.24, 2.45) is 5.92 Å². The highest BCUT2D eigenvalue weighted by atomic mass is 19.1. The molecule has 3 amide bonds. The van der Waals surface area contributed by atoms with E-state index in [1.54, 1.807) is 23.2 Å². The molecular formula is C20H20F2N4O3. The number of aromatic nitrogens is 1. The van der Waals surface area contributed by atoms with Crippen LogP contribution in [0, 0.1) is 17.6 Å². The second kappa shape index (κ2) is 9.22. The maximum atomic E-state index is 13.6. The van der Waals surface area contributed by atoms with Crippen molar-refractivity contribution >= 4 is 23.4 Å². The third kappa shape index (κ3) is 5.34. The van der Waals surface area contributed by atoms with Crippen LogP contribution in [0.25, 0.3) is 0 Å². The summed E-state index contributed by atoms with van der Waals surface area (Å²) < 4.78 is 26.4. The van der Waals surface area contributed by atoms with Crippen LogP contribution >= 0.6 is 0 Å². The van der Waals surface area contributed by atoms with Gasteiger partial charge >= 0.3 is 11.8 Å². The van der Waals surface area contributed by atoms with Gasteiger partial charge < -0.3 is 15.5 Å². The predicted octanol–water partition coefficient (Wildman–Crippen LogP) is 1.97. The largest absolute Gasteiger partial charge is 0.348 e. The Morgan fingerprint density at radius 2 is 1.86 bits per heavy atom. The smallest absolute Gasteiger partial charge is 0.313 e. The number of likely N-dealkylation sites (tertiary alicyclic amines) is 1. The van der Waals surface area contributed by atoms with Gasteiger partial charge in [-0.3, -0.25) is 19.4 Å². The first-order chi connectivity index (χ1) is 13.9. The van der Waals surface area contributed by atoms with Gasteiger partial charge in [-0.1, -0.05) is 0 Å². The van der Waals surface area contributed by atoms with Gasteiger partial charge in [0.1, 0.15) is 11.6 Å². The number of halogens is 2. The molecule has 2 N–H and O–H groups in total. The number of pyridine rings is 1. The molecule has 0 spiro atoms. The van der Waals surface area contributed by atoms with E-state index in [9.17, 15) is 23.2 Å². The molecule has 2 heterocycles. The Labute approximate surface area is 166 Å². The number of rotatable bonds is 4. The zero-order valence-electron chi connectivity index (χ0n) is 15.5. The molecule has 0 atom stereocenters. The van der Waals surface area contributed by atoms with E-state index in [0.717, 1.165) is 12.1 Å². The van der Waals surface area contributed by atoms with Crippen molar-refractivity contribution < 1.29 is 23.2 Å². The number of nitrogens with zero attached hydrogens (tertiary/aromatic N) is 2. The first kappa shape index (κ1) is 20.4. The van der Waals surface area contributed by atoms with E-state index in [0.29, 0.717) is 37.6 Å². The van der Waals surface area contributed by atoms with Gasteiger partial charge in [-0.2, -0.15) is 0 Å². The number of piperidine rings is 1. The number of anilines is 1.